The van der Waals surface area contributed by atoms with Crippen molar-refractivity contribution < 1.29 is 29.0 Å². The number of benzene rings is 1. The summed E-state index contributed by atoms with van der Waals surface area (Å²) in [6, 6.07) is 7.36. The van der Waals surface area contributed by atoms with E-state index in [1.54, 1.807) is 30.3 Å². The van der Waals surface area contributed by atoms with Gasteiger partial charge in [0.05, 0.1) is 11.5 Å². The fourth-order valence-electron chi connectivity index (χ4n) is 7.00. The first-order chi connectivity index (χ1) is 15.8. The molecule has 33 heavy (non-hydrogen) atoms. The second-order valence-corrected chi connectivity index (χ2v) is 10.4. The minimum Gasteiger partial charge on any atom is -0.454 e. The number of aliphatic hydroxyl groups excluding tert-OH is 1. The maximum absolute atomic E-state index is 13.7. The van der Waals surface area contributed by atoms with Gasteiger partial charge in [0.15, 0.2) is 6.61 Å². The summed E-state index contributed by atoms with van der Waals surface area (Å²) in [5.74, 6) is -0.311. The molecule has 0 radical (unpaired) electrons. The van der Waals surface area contributed by atoms with E-state index >= 15 is 0 Å². The van der Waals surface area contributed by atoms with Crippen LogP contribution in [0.25, 0.3) is 0 Å². The highest BCUT2D eigenvalue weighted by atomic mass is 16.5. The Morgan fingerprint density at radius 2 is 1.58 bits per heavy atom. The van der Waals surface area contributed by atoms with Crippen LogP contribution in [-0.4, -0.2) is 59.0 Å². The summed E-state index contributed by atoms with van der Waals surface area (Å²) >= 11 is 0. The molecule has 4 aliphatic carbocycles. The lowest BCUT2D eigenvalue weighted by molar-refractivity contribution is -0.166. The molecule has 6 rings (SSSR count). The van der Waals surface area contributed by atoms with Crippen molar-refractivity contribution in [1.82, 2.24) is 10.2 Å². The molecule has 176 valence electrons. The number of carbonyl (C=O) groups excluding carboxylic acids is 4. The molecular weight excluding hydrogens is 424 g/mol. The highest BCUT2D eigenvalue weighted by molar-refractivity contribution is 6.05. The van der Waals surface area contributed by atoms with E-state index in [0.29, 0.717) is 23.3 Å². The van der Waals surface area contributed by atoms with Crippen LogP contribution >= 0.6 is 0 Å². The van der Waals surface area contributed by atoms with Crippen LogP contribution in [-0.2, 0) is 19.1 Å². The summed E-state index contributed by atoms with van der Waals surface area (Å²) in [6.45, 7) is -0.511. The Balaban J connectivity index is 1.20. The second-order valence-electron chi connectivity index (χ2n) is 10.4. The van der Waals surface area contributed by atoms with Gasteiger partial charge < -0.3 is 14.7 Å². The first kappa shape index (κ1) is 22.1. The predicted molar refractivity (Wildman–Crippen MR) is 117 cm³/mol. The van der Waals surface area contributed by atoms with Crippen LogP contribution in [0.1, 0.15) is 55.3 Å². The molecule has 4 bridgehead atoms. The molecule has 1 heterocycles. The van der Waals surface area contributed by atoms with Gasteiger partial charge in [-0.25, -0.2) is 4.79 Å². The fraction of sp³-hybridized carbons (Fsp3) is 0.600. The zero-order chi connectivity index (χ0) is 23.2. The molecule has 0 aromatic heterocycles. The lowest BCUT2D eigenvalue weighted by Gasteiger charge is -2.56. The summed E-state index contributed by atoms with van der Waals surface area (Å²) in [6.07, 6.45) is 5.53. The molecule has 8 heteroatoms. The van der Waals surface area contributed by atoms with Crippen LogP contribution in [0.3, 0.4) is 0 Å². The highest BCUT2D eigenvalue weighted by Gasteiger charge is 2.57. The third kappa shape index (κ3) is 4.28. The average Bonchev–Trinajstić information content (AvgIpc) is 3.18. The molecule has 5 fully saturated rings. The van der Waals surface area contributed by atoms with Gasteiger partial charge >= 0.3 is 5.97 Å². The number of ether oxygens (including phenoxy) is 1. The third-order valence-electron chi connectivity index (χ3n) is 7.94. The SMILES string of the molecule is O=C(COC(=O)[C@@H]1CC(O)CN1C(=O)C12CC3CC(CC(C3)C1)C2)NC(=O)c1ccccc1. The topological polar surface area (TPSA) is 113 Å². The maximum Gasteiger partial charge on any atom is 0.329 e. The fourth-order valence-corrected chi connectivity index (χ4v) is 7.00. The largest absolute Gasteiger partial charge is 0.454 e. The number of likely N-dealkylation sites (tertiary alicyclic amines) is 1. The molecule has 1 saturated heterocycles. The smallest absolute Gasteiger partial charge is 0.329 e. The van der Waals surface area contributed by atoms with Gasteiger partial charge in [0, 0.05) is 18.5 Å². The predicted octanol–water partition coefficient (Wildman–Crippen LogP) is 1.66. The third-order valence-corrected chi connectivity index (χ3v) is 7.94. The number of hydrogen-bond donors (Lipinski definition) is 2. The number of imide groups is 1. The molecule has 1 unspecified atom stereocenters. The van der Waals surface area contributed by atoms with Crippen LogP contribution in [0.5, 0.6) is 0 Å². The van der Waals surface area contributed by atoms with Crippen molar-refractivity contribution >= 4 is 23.7 Å². The summed E-state index contributed by atoms with van der Waals surface area (Å²) in [5.41, 5.74) is -0.0972. The van der Waals surface area contributed by atoms with Crippen molar-refractivity contribution in [1.29, 1.82) is 0 Å². The van der Waals surface area contributed by atoms with E-state index in [9.17, 15) is 24.3 Å². The molecule has 1 aromatic carbocycles. The summed E-state index contributed by atoms with van der Waals surface area (Å²) in [5, 5.41) is 12.4. The van der Waals surface area contributed by atoms with E-state index in [4.69, 9.17) is 4.74 Å². The maximum atomic E-state index is 13.7. The molecule has 1 aliphatic heterocycles. The van der Waals surface area contributed by atoms with Crippen LogP contribution in [0.15, 0.2) is 30.3 Å². The normalized spacial score (nSPS) is 34.2. The Hall–Kier alpha value is -2.74. The Kier molecular flexibility index (Phi) is 5.72. The monoisotopic (exact) mass is 454 g/mol. The molecule has 4 saturated carbocycles. The molecule has 3 amide bonds. The Morgan fingerprint density at radius 1 is 0.970 bits per heavy atom. The molecular formula is C25H30N2O6. The summed E-state index contributed by atoms with van der Waals surface area (Å²) < 4.78 is 5.16. The minimum atomic E-state index is -0.905. The highest BCUT2D eigenvalue weighted by Crippen LogP contribution is 2.60. The molecule has 5 aliphatic rings. The van der Waals surface area contributed by atoms with Gasteiger partial charge in [-0.1, -0.05) is 18.2 Å². The van der Waals surface area contributed by atoms with Gasteiger partial charge in [-0.05, 0) is 68.4 Å². The zero-order valence-corrected chi connectivity index (χ0v) is 18.6. The molecule has 1 aromatic rings. The van der Waals surface area contributed by atoms with Crippen molar-refractivity contribution in [3.63, 3.8) is 0 Å². The Bertz CT molecular complexity index is 926. The van der Waals surface area contributed by atoms with Gasteiger partial charge in [0.2, 0.25) is 5.91 Å². The van der Waals surface area contributed by atoms with Crippen molar-refractivity contribution in [3.8, 4) is 0 Å². The standard InChI is InChI=1S/C25H30N2O6/c28-19-9-20(23(31)33-14-21(29)26-22(30)18-4-2-1-3-5-18)27(13-19)24(32)25-10-15-6-16(11-25)8-17(7-15)12-25/h1-5,15-17,19-20,28H,6-14H2,(H,26,29,30)/t15?,16?,17?,19?,20-,25?/m0/s1. The zero-order valence-electron chi connectivity index (χ0n) is 18.6. The van der Waals surface area contributed by atoms with Crippen molar-refractivity contribution in [2.45, 2.75) is 57.1 Å². The quantitative estimate of drug-likeness (QED) is 0.655. The average molecular weight is 455 g/mol. The molecule has 8 nitrogen and oxygen atoms in total. The van der Waals surface area contributed by atoms with Crippen molar-refractivity contribution in [3.05, 3.63) is 35.9 Å². The number of β-amino-alcohol motifs (C(OH)–C–C–N with tert-alkyl or cyclic N) is 1. The van der Waals surface area contributed by atoms with E-state index in [0.717, 1.165) is 19.3 Å². The molecule has 2 N–H and O–H groups in total. The number of esters is 1. The van der Waals surface area contributed by atoms with Crippen LogP contribution in [0.4, 0.5) is 0 Å². The van der Waals surface area contributed by atoms with E-state index in [2.05, 4.69) is 5.32 Å². The van der Waals surface area contributed by atoms with Gasteiger partial charge in [0.25, 0.3) is 11.8 Å². The Labute approximate surface area is 192 Å². The summed E-state index contributed by atoms with van der Waals surface area (Å²) in [4.78, 5) is 52.2. The Morgan fingerprint density at radius 3 is 2.18 bits per heavy atom. The lowest BCUT2D eigenvalue weighted by atomic mass is 9.49. The number of carbonyl (C=O) groups is 4. The number of rotatable bonds is 5. The number of nitrogens with zero attached hydrogens (tertiary/aromatic N) is 1. The summed E-state index contributed by atoms with van der Waals surface area (Å²) in [7, 11) is 0. The number of amides is 3. The number of aliphatic hydroxyl groups is 1. The van der Waals surface area contributed by atoms with E-state index in [1.807, 2.05) is 0 Å². The first-order valence-electron chi connectivity index (χ1n) is 11.9. The molecule has 2 atom stereocenters. The van der Waals surface area contributed by atoms with Gasteiger partial charge in [-0.3, -0.25) is 19.7 Å². The lowest BCUT2D eigenvalue weighted by Crippen LogP contribution is -2.56. The number of hydrogen-bond acceptors (Lipinski definition) is 6. The van der Waals surface area contributed by atoms with Crippen LogP contribution in [0, 0.1) is 23.2 Å². The van der Waals surface area contributed by atoms with Crippen LogP contribution in [0.2, 0.25) is 0 Å². The van der Waals surface area contributed by atoms with Gasteiger partial charge in [0.1, 0.15) is 6.04 Å². The molecule has 0 spiro atoms. The van der Waals surface area contributed by atoms with Gasteiger partial charge in [-0.2, -0.15) is 0 Å². The van der Waals surface area contributed by atoms with E-state index in [-0.39, 0.29) is 18.9 Å². The van der Waals surface area contributed by atoms with E-state index < -0.39 is 42.0 Å². The van der Waals surface area contributed by atoms with Gasteiger partial charge in [-0.15, -0.1) is 0 Å². The van der Waals surface area contributed by atoms with Crippen molar-refractivity contribution in [2.24, 2.45) is 23.2 Å². The van der Waals surface area contributed by atoms with Crippen LogP contribution < -0.4 is 5.32 Å². The minimum absolute atomic E-state index is 0.0381. The van der Waals surface area contributed by atoms with Crippen molar-refractivity contribution in [2.75, 3.05) is 13.2 Å². The first-order valence-corrected chi connectivity index (χ1v) is 11.9. The number of nitrogens with one attached hydrogen (secondary N) is 1. The van der Waals surface area contributed by atoms with E-state index in [1.165, 1.54) is 24.2 Å². The second kappa shape index (κ2) is 8.56.